The molecule has 20 heavy (non-hydrogen) atoms. The Balaban J connectivity index is 2.76. The molecule has 0 spiro atoms. The fraction of sp³-hybridized carbons (Fsp3) is 0.462. The molecule has 0 fully saturated rings. The van der Waals surface area contributed by atoms with Gasteiger partial charge in [0.1, 0.15) is 0 Å². The van der Waals surface area contributed by atoms with E-state index < -0.39 is 11.7 Å². The Morgan fingerprint density at radius 3 is 2.60 bits per heavy atom. The molecule has 0 heterocycles. The van der Waals surface area contributed by atoms with E-state index in [-0.39, 0.29) is 22.5 Å². The Kier molecular flexibility index (Phi) is 5.83. The Bertz CT molecular complexity index is 477. The summed E-state index contributed by atoms with van der Waals surface area (Å²) in [6, 6.07) is 2.83. The van der Waals surface area contributed by atoms with Gasteiger partial charge in [-0.25, -0.2) is 0 Å². The minimum atomic E-state index is -4.46. The number of benzene rings is 1. The van der Waals surface area contributed by atoms with Crippen molar-refractivity contribution in [1.29, 1.82) is 0 Å². The number of alkyl halides is 3. The fourth-order valence-electron chi connectivity index (χ4n) is 1.60. The van der Waals surface area contributed by atoms with Gasteiger partial charge in [0.25, 0.3) is 0 Å². The number of amides is 1. The first-order valence-electron chi connectivity index (χ1n) is 6.13. The summed E-state index contributed by atoms with van der Waals surface area (Å²) in [5.41, 5.74) is 4.67. The normalized spacial score (nSPS) is 13.1. The average Bonchev–Trinajstić information content (AvgIpc) is 2.36. The van der Waals surface area contributed by atoms with Gasteiger partial charge < -0.3 is 11.1 Å². The lowest BCUT2D eigenvalue weighted by atomic mass is 10.0. The van der Waals surface area contributed by atoms with Crippen molar-refractivity contribution >= 4 is 23.2 Å². The summed E-state index contributed by atoms with van der Waals surface area (Å²) < 4.78 is 37.4. The van der Waals surface area contributed by atoms with E-state index in [1.165, 1.54) is 0 Å². The zero-order chi connectivity index (χ0) is 15.3. The molecule has 0 aliphatic carbocycles. The summed E-state index contributed by atoms with van der Waals surface area (Å²) >= 11 is 5.75. The molecule has 0 bridgehead atoms. The number of halogens is 4. The number of hydrogen-bond donors (Lipinski definition) is 2. The predicted molar refractivity (Wildman–Crippen MR) is 72.5 cm³/mol. The van der Waals surface area contributed by atoms with Crippen LogP contribution in [0.4, 0.5) is 18.9 Å². The molecule has 3 nitrogen and oxygen atoms in total. The highest BCUT2D eigenvalue weighted by Gasteiger charge is 2.31. The van der Waals surface area contributed by atoms with Gasteiger partial charge in [-0.1, -0.05) is 18.5 Å². The molecule has 1 aromatic carbocycles. The minimum Gasteiger partial charge on any atom is -0.330 e. The van der Waals surface area contributed by atoms with Gasteiger partial charge in [-0.3, -0.25) is 4.79 Å². The number of nitrogens with one attached hydrogen (secondary N) is 1. The van der Waals surface area contributed by atoms with E-state index in [0.717, 1.165) is 18.2 Å². The van der Waals surface area contributed by atoms with Crippen LogP contribution in [0.5, 0.6) is 0 Å². The lowest BCUT2D eigenvalue weighted by Crippen LogP contribution is -2.21. The van der Waals surface area contributed by atoms with Crippen molar-refractivity contribution < 1.29 is 18.0 Å². The van der Waals surface area contributed by atoms with E-state index >= 15 is 0 Å². The first-order chi connectivity index (χ1) is 9.25. The third-order valence-electron chi connectivity index (χ3n) is 2.84. The quantitative estimate of drug-likeness (QED) is 0.872. The van der Waals surface area contributed by atoms with Gasteiger partial charge in [0.05, 0.1) is 16.3 Å². The van der Waals surface area contributed by atoms with Crippen molar-refractivity contribution in [3.63, 3.8) is 0 Å². The molecule has 0 saturated carbocycles. The molecule has 1 atom stereocenters. The number of rotatable bonds is 5. The second-order valence-corrected chi connectivity index (χ2v) is 4.92. The number of carbonyl (C=O) groups excluding carboxylic acids is 1. The first-order valence-corrected chi connectivity index (χ1v) is 6.51. The monoisotopic (exact) mass is 308 g/mol. The molecule has 1 rings (SSSR count). The zero-order valence-electron chi connectivity index (χ0n) is 10.9. The second-order valence-electron chi connectivity index (χ2n) is 4.51. The van der Waals surface area contributed by atoms with Crippen LogP contribution in [0.25, 0.3) is 0 Å². The molecule has 0 aromatic heterocycles. The van der Waals surface area contributed by atoms with Crippen LogP contribution in [0.1, 0.15) is 25.3 Å². The summed E-state index contributed by atoms with van der Waals surface area (Å²) in [6.07, 6.45) is -3.14. The Hall–Kier alpha value is -1.27. The first kappa shape index (κ1) is 16.8. The van der Waals surface area contributed by atoms with Crippen LogP contribution in [-0.2, 0) is 11.0 Å². The van der Waals surface area contributed by atoms with Crippen molar-refractivity contribution in [3.8, 4) is 0 Å². The second kappa shape index (κ2) is 6.95. The van der Waals surface area contributed by atoms with Crippen molar-refractivity contribution in [1.82, 2.24) is 0 Å². The number of anilines is 1. The topological polar surface area (TPSA) is 55.1 Å². The Labute approximate surface area is 120 Å². The van der Waals surface area contributed by atoms with Crippen LogP contribution >= 0.6 is 11.6 Å². The molecule has 0 aliphatic heterocycles. The van der Waals surface area contributed by atoms with Crippen molar-refractivity contribution in [2.24, 2.45) is 11.7 Å². The molecular weight excluding hydrogens is 293 g/mol. The lowest BCUT2D eigenvalue weighted by Gasteiger charge is -2.14. The SMILES string of the molecule is CC(CCCN)C(=O)Nc1ccc(C(F)(F)F)cc1Cl. The summed E-state index contributed by atoms with van der Waals surface area (Å²) in [7, 11) is 0. The molecule has 1 unspecified atom stereocenters. The van der Waals surface area contributed by atoms with Crippen molar-refractivity contribution in [2.45, 2.75) is 25.9 Å². The van der Waals surface area contributed by atoms with Gasteiger partial charge in [0.2, 0.25) is 5.91 Å². The molecule has 0 saturated heterocycles. The summed E-state index contributed by atoms with van der Waals surface area (Å²) in [4.78, 5) is 11.8. The van der Waals surface area contributed by atoms with E-state index in [1.54, 1.807) is 6.92 Å². The Morgan fingerprint density at radius 2 is 2.10 bits per heavy atom. The van der Waals surface area contributed by atoms with E-state index in [4.69, 9.17) is 17.3 Å². The maximum atomic E-state index is 12.5. The largest absolute Gasteiger partial charge is 0.416 e. The number of hydrogen-bond acceptors (Lipinski definition) is 2. The highest BCUT2D eigenvalue weighted by Crippen LogP contribution is 2.33. The summed E-state index contributed by atoms with van der Waals surface area (Å²) in [5.74, 6) is -0.572. The Morgan fingerprint density at radius 1 is 1.45 bits per heavy atom. The highest BCUT2D eigenvalue weighted by molar-refractivity contribution is 6.33. The number of carbonyl (C=O) groups is 1. The van der Waals surface area contributed by atoms with Crippen LogP contribution in [-0.4, -0.2) is 12.5 Å². The van der Waals surface area contributed by atoms with Gasteiger partial charge in [0, 0.05) is 5.92 Å². The maximum absolute atomic E-state index is 12.5. The molecule has 3 N–H and O–H groups in total. The molecule has 112 valence electrons. The minimum absolute atomic E-state index is 0.140. The molecular formula is C13H16ClF3N2O. The van der Waals surface area contributed by atoms with Gasteiger partial charge in [0.15, 0.2) is 0 Å². The van der Waals surface area contributed by atoms with Crippen LogP contribution in [0, 0.1) is 5.92 Å². The molecule has 7 heteroatoms. The highest BCUT2D eigenvalue weighted by atomic mass is 35.5. The molecule has 1 amide bonds. The van der Waals surface area contributed by atoms with E-state index in [2.05, 4.69) is 5.32 Å². The average molecular weight is 309 g/mol. The third-order valence-corrected chi connectivity index (χ3v) is 3.16. The van der Waals surface area contributed by atoms with Gasteiger partial charge in [-0.15, -0.1) is 0 Å². The van der Waals surface area contributed by atoms with Gasteiger partial charge in [-0.05, 0) is 37.6 Å². The zero-order valence-corrected chi connectivity index (χ0v) is 11.7. The van der Waals surface area contributed by atoms with Crippen LogP contribution in [0.2, 0.25) is 5.02 Å². The predicted octanol–water partition coefficient (Wildman–Crippen LogP) is 3.67. The van der Waals surface area contributed by atoms with Crippen LogP contribution in [0.3, 0.4) is 0 Å². The standard InChI is InChI=1S/C13H16ClF3N2O/c1-8(3-2-6-18)12(20)19-11-5-4-9(7-10(11)14)13(15,16)17/h4-5,7-8H,2-3,6,18H2,1H3,(H,19,20). The van der Waals surface area contributed by atoms with Crippen molar-refractivity contribution in [2.75, 3.05) is 11.9 Å². The fourth-order valence-corrected chi connectivity index (χ4v) is 1.83. The van der Waals surface area contributed by atoms with E-state index in [9.17, 15) is 18.0 Å². The van der Waals surface area contributed by atoms with Crippen LogP contribution in [0.15, 0.2) is 18.2 Å². The molecule has 0 aliphatic rings. The summed E-state index contributed by atoms with van der Waals surface area (Å²) in [5, 5.41) is 2.38. The smallest absolute Gasteiger partial charge is 0.330 e. The van der Waals surface area contributed by atoms with Gasteiger partial charge in [-0.2, -0.15) is 13.2 Å². The van der Waals surface area contributed by atoms with Gasteiger partial charge >= 0.3 is 6.18 Å². The maximum Gasteiger partial charge on any atom is 0.416 e. The van der Waals surface area contributed by atoms with Crippen molar-refractivity contribution in [3.05, 3.63) is 28.8 Å². The molecule has 0 radical (unpaired) electrons. The molecule has 1 aromatic rings. The third kappa shape index (κ3) is 4.68. The number of nitrogens with two attached hydrogens (primary N) is 1. The lowest BCUT2D eigenvalue weighted by molar-refractivity contribution is -0.137. The van der Waals surface area contributed by atoms with E-state index in [0.29, 0.717) is 19.4 Å². The summed E-state index contributed by atoms with van der Waals surface area (Å²) in [6.45, 7) is 2.21. The van der Waals surface area contributed by atoms with E-state index in [1.807, 2.05) is 0 Å². The van der Waals surface area contributed by atoms with Crippen LogP contribution < -0.4 is 11.1 Å².